The summed E-state index contributed by atoms with van der Waals surface area (Å²) in [5.41, 5.74) is -0.551. The number of halogens is 2. The molecule has 1 unspecified atom stereocenters. The lowest BCUT2D eigenvalue weighted by atomic mass is 9.90. The van der Waals surface area contributed by atoms with Crippen molar-refractivity contribution in [3.63, 3.8) is 0 Å². The van der Waals surface area contributed by atoms with Crippen LogP contribution in [0.4, 0.5) is 0 Å². The van der Waals surface area contributed by atoms with Crippen LogP contribution in [0.25, 0.3) is 0 Å². The van der Waals surface area contributed by atoms with Crippen LogP contribution in [0.1, 0.15) is 18.4 Å². The number of aliphatic hydroxyl groups is 1. The average Bonchev–Trinajstić information content (AvgIpc) is 3.27. The topological polar surface area (TPSA) is 42.4 Å². The van der Waals surface area contributed by atoms with Gasteiger partial charge in [-0.05, 0) is 43.2 Å². The smallest absolute Gasteiger partial charge is 0.144 e. The normalized spacial score (nSPS) is 18.8. The number of benzene rings is 1. The summed E-state index contributed by atoms with van der Waals surface area (Å²) in [6, 6.07) is 11.1. The highest BCUT2D eigenvalue weighted by Crippen LogP contribution is 2.55. The Kier molecular flexibility index (Phi) is 3.95. The first-order valence-electron chi connectivity index (χ1n) is 6.74. The highest BCUT2D eigenvalue weighted by molar-refractivity contribution is 9.10. The first kappa shape index (κ1) is 14.8. The minimum absolute atomic E-state index is 0.101. The van der Waals surface area contributed by atoms with Crippen LogP contribution in [0, 0.1) is 0 Å². The van der Waals surface area contributed by atoms with Gasteiger partial charge in [-0.3, -0.25) is 4.98 Å². The van der Waals surface area contributed by atoms with Gasteiger partial charge in [0.05, 0.1) is 4.87 Å². The van der Waals surface area contributed by atoms with Gasteiger partial charge in [0.15, 0.2) is 0 Å². The lowest BCUT2D eigenvalue weighted by Gasteiger charge is -2.33. The van der Waals surface area contributed by atoms with Gasteiger partial charge in [-0.2, -0.15) is 0 Å². The van der Waals surface area contributed by atoms with Crippen LogP contribution in [0.3, 0.4) is 0 Å². The molecule has 0 radical (unpaired) electrons. The quantitative estimate of drug-likeness (QED) is 0.814. The van der Waals surface area contributed by atoms with Gasteiger partial charge in [-0.1, -0.05) is 22.0 Å². The van der Waals surface area contributed by atoms with Gasteiger partial charge in [0.25, 0.3) is 0 Å². The van der Waals surface area contributed by atoms with Crippen LogP contribution in [-0.4, -0.2) is 21.6 Å². The molecule has 1 atom stereocenters. The fraction of sp³-hybridized carbons (Fsp3) is 0.312. The van der Waals surface area contributed by atoms with Crippen molar-refractivity contribution in [2.75, 3.05) is 6.61 Å². The highest BCUT2D eigenvalue weighted by atomic mass is 79.9. The Labute approximate surface area is 137 Å². The molecule has 1 aliphatic carbocycles. The van der Waals surface area contributed by atoms with Crippen molar-refractivity contribution >= 4 is 27.5 Å². The predicted molar refractivity (Wildman–Crippen MR) is 85.6 cm³/mol. The Morgan fingerprint density at radius 2 is 2.00 bits per heavy atom. The zero-order valence-electron chi connectivity index (χ0n) is 11.3. The van der Waals surface area contributed by atoms with Crippen molar-refractivity contribution in [3.8, 4) is 5.75 Å². The fourth-order valence-electron chi connectivity index (χ4n) is 2.32. The summed E-state index contributed by atoms with van der Waals surface area (Å²) >= 11 is 9.89. The van der Waals surface area contributed by atoms with Crippen molar-refractivity contribution in [2.45, 2.75) is 23.3 Å². The largest absolute Gasteiger partial charge is 0.490 e. The number of hydrogen-bond donors (Lipinski definition) is 1. The van der Waals surface area contributed by atoms with Crippen LogP contribution in [-0.2, 0) is 5.60 Å². The zero-order chi connectivity index (χ0) is 14.9. The molecule has 0 aliphatic heterocycles. The first-order chi connectivity index (χ1) is 10.0. The van der Waals surface area contributed by atoms with E-state index < -0.39 is 10.5 Å². The third kappa shape index (κ3) is 2.93. The van der Waals surface area contributed by atoms with Crippen molar-refractivity contribution in [1.82, 2.24) is 4.98 Å². The average molecular weight is 369 g/mol. The number of pyridine rings is 1. The predicted octanol–water partition coefficient (Wildman–Crippen LogP) is 3.88. The third-order valence-electron chi connectivity index (χ3n) is 3.83. The number of ether oxygens (including phenoxy) is 1. The van der Waals surface area contributed by atoms with E-state index in [1.165, 1.54) is 0 Å². The molecule has 5 heteroatoms. The maximum Gasteiger partial charge on any atom is 0.144 e. The van der Waals surface area contributed by atoms with E-state index in [1.807, 2.05) is 30.3 Å². The summed E-state index contributed by atoms with van der Waals surface area (Å²) in [7, 11) is 0. The molecule has 21 heavy (non-hydrogen) atoms. The minimum atomic E-state index is -1.24. The number of aromatic nitrogens is 1. The minimum Gasteiger partial charge on any atom is -0.490 e. The maximum atomic E-state index is 11.1. The molecule has 1 heterocycles. The molecule has 1 N–H and O–H groups in total. The molecule has 1 saturated carbocycles. The molecule has 0 amide bonds. The van der Waals surface area contributed by atoms with Gasteiger partial charge in [-0.25, -0.2) is 0 Å². The lowest BCUT2D eigenvalue weighted by Crippen LogP contribution is -2.43. The molecular formula is C16H15BrClNO2. The van der Waals surface area contributed by atoms with Crippen LogP contribution in [0.15, 0.2) is 53.3 Å². The van der Waals surface area contributed by atoms with E-state index in [2.05, 4.69) is 20.9 Å². The SMILES string of the molecule is OC(COc1ccc(Br)cc1)(c1cccnc1)C1(Cl)CC1. The highest BCUT2D eigenvalue weighted by Gasteiger charge is 2.59. The molecule has 1 aromatic heterocycles. The van der Waals surface area contributed by atoms with Gasteiger partial charge < -0.3 is 9.84 Å². The first-order valence-corrected chi connectivity index (χ1v) is 7.91. The fourth-order valence-corrected chi connectivity index (χ4v) is 2.84. The number of rotatable bonds is 5. The molecule has 110 valence electrons. The third-order valence-corrected chi connectivity index (χ3v) is 5.05. The molecule has 0 saturated heterocycles. The Hall–Kier alpha value is -1.10. The molecule has 3 rings (SSSR count). The van der Waals surface area contributed by atoms with Crippen molar-refractivity contribution < 1.29 is 9.84 Å². The van der Waals surface area contributed by atoms with E-state index in [4.69, 9.17) is 16.3 Å². The second-order valence-electron chi connectivity index (χ2n) is 5.31. The van der Waals surface area contributed by atoms with Gasteiger partial charge in [-0.15, -0.1) is 11.6 Å². The summed E-state index contributed by atoms with van der Waals surface area (Å²) in [5, 5.41) is 11.1. The summed E-state index contributed by atoms with van der Waals surface area (Å²) in [6.07, 6.45) is 4.86. The lowest BCUT2D eigenvalue weighted by molar-refractivity contribution is -0.0205. The van der Waals surface area contributed by atoms with Crippen LogP contribution >= 0.6 is 27.5 Å². The second kappa shape index (κ2) is 5.59. The van der Waals surface area contributed by atoms with Gasteiger partial charge in [0, 0.05) is 22.4 Å². The van der Waals surface area contributed by atoms with E-state index in [9.17, 15) is 5.11 Å². The molecule has 0 spiro atoms. The molecule has 0 bridgehead atoms. The van der Waals surface area contributed by atoms with Crippen LogP contribution < -0.4 is 4.74 Å². The molecular weight excluding hydrogens is 354 g/mol. The monoisotopic (exact) mass is 367 g/mol. The summed E-state index contributed by atoms with van der Waals surface area (Å²) < 4.78 is 6.74. The molecule has 1 aliphatic rings. The molecule has 1 aromatic carbocycles. The Bertz CT molecular complexity index is 616. The standard InChI is InChI=1S/C16H15BrClNO2/c17-13-3-5-14(6-4-13)21-11-16(20,15(18)7-8-15)12-2-1-9-19-10-12/h1-6,9-10,20H,7-8,11H2. The van der Waals surface area contributed by atoms with Crippen molar-refractivity contribution in [3.05, 3.63) is 58.8 Å². The van der Waals surface area contributed by atoms with E-state index in [0.29, 0.717) is 11.3 Å². The number of alkyl halides is 1. The molecule has 2 aromatic rings. The van der Waals surface area contributed by atoms with Gasteiger partial charge in [0.2, 0.25) is 0 Å². The summed E-state index contributed by atoms with van der Waals surface area (Å²) in [6.45, 7) is 0.101. The van der Waals surface area contributed by atoms with Crippen LogP contribution in [0.2, 0.25) is 0 Å². The number of nitrogens with zero attached hydrogens (tertiary/aromatic N) is 1. The van der Waals surface area contributed by atoms with Crippen molar-refractivity contribution in [1.29, 1.82) is 0 Å². The van der Waals surface area contributed by atoms with E-state index >= 15 is 0 Å². The van der Waals surface area contributed by atoms with Crippen molar-refractivity contribution in [2.24, 2.45) is 0 Å². The Balaban J connectivity index is 1.82. The van der Waals surface area contributed by atoms with E-state index in [-0.39, 0.29) is 6.61 Å². The van der Waals surface area contributed by atoms with Crippen LogP contribution in [0.5, 0.6) is 5.75 Å². The molecule has 3 nitrogen and oxygen atoms in total. The maximum absolute atomic E-state index is 11.1. The van der Waals surface area contributed by atoms with E-state index in [1.54, 1.807) is 18.5 Å². The van der Waals surface area contributed by atoms with Gasteiger partial charge >= 0.3 is 0 Å². The summed E-state index contributed by atoms with van der Waals surface area (Å²) in [4.78, 5) is 3.42. The van der Waals surface area contributed by atoms with Gasteiger partial charge in [0.1, 0.15) is 18.0 Å². The molecule has 1 fully saturated rings. The second-order valence-corrected chi connectivity index (χ2v) is 6.95. The van der Waals surface area contributed by atoms with E-state index in [0.717, 1.165) is 17.3 Å². The Morgan fingerprint density at radius 3 is 2.57 bits per heavy atom. The number of hydrogen-bond acceptors (Lipinski definition) is 3. The summed E-state index contributed by atoms with van der Waals surface area (Å²) in [5.74, 6) is 0.696. The Morgan fingerprint density at radius 1 is 1.29 bits per heavy atom. The zero-order valence-corrected chi connectivity index (χ0v) is 13.6.